The van der Waals surface area contributed by atoms with Crippen LogP contribution in [0.5, 0.6) is 0 Å². The monoisotopic (exact) mass is 429 g/mol. The normalized spacial score (nSPS) is 17.1. The Labute approximate surface area is 164 Å². The SMILES string of the molecule is O=C(c1cccc(F)c1)N1CCCCC1c1nc(-c2ccc(Br)cc2)no1. The van der Waals surface area contributed by atoms with Crippen LogP contribution in [0.3, 0.4) is 0 Å². The van der Waals surface area contributed by atoms with Crippen molar-refractivity contribution in [3.63, 3.8) is 0 Å². The summed E-state index contributed by atoms with van der Waals surface area (Å²) in [6, 6.07) is 13.1. The average molecular weight is 430 g/mol. The van der Waals surface area contributed by atoms with Crippen LogP contribution in [0.2, 0.25) is 0 Å². The number of hydrogen-bond donors (Lipinski definition) is 0. The lowest BCUT2D eigenvalue weighted by Gasteiger charge is -2.33. The van der Waals surface area contributed by atoms with Crippen LogP contribution in [-0.2, 0) is 0 Å². The van der Waals surface area contributed by atoms with Gasteiger partial charge in [0.25, 0.3) is 5.91 Å². The zero-order chi connectivity index (χ0) is 18.8. The van der Waals surface area contributed by atoms with Crippen molar-refractivity contribution in [1.82, 2.24) is 15.0 Å². The lowest BCUT2D eigenvalue weighted by Crippen LogP contribution is -2.38. The number of nitrogens with zero attached hydrogens (tertiary/aromatic N) is 3. The number of carbonyl (C=O) groups is 1. The lowest BCUT2D eigenvalue weighted by molar-refractivity contribution is 0.0561. The maximum Gasteiger partial charge on any atom is 0.254 e. The molecule has 1 aromatic heterocycles. The highest BCUT2D eigenvalue weighted by Gasteiger charge is 2.32. The zero-order valence-corrected chi connectivity index (χ0v) is 16.0. The van der Waals surface area contributed by atoms with Crippen LogP contribution < -0.4 is 0 Å². The van der Waals surface area contributed by atoms with Crippen LogP contribution >= 0.6 is 15.9 Å². The van der Waals surface area contributed by atoms with Gasteiger partial charge in [-0.1, -0.05) is 27.2 Å². The van der Waals surface area contributed by atoms with Crippen molar-refractivity contribution in [2.75, 3.05) is 6.54 Å². The maximum absolute atomic E-state index is 13.5. The van der Waals surface area contributed by atoms with Crippen molar-refractivity contribution in [1.29, 1.82) is 0 Å². The van der Waals surface area contributed by atoms with Gasteiger partial charge >= 0.3 is 0 Å². The molecule has 7 heteroatoms. The van der Waals surface area contributed by atoms with Crippen LogP contribution in [-0.4, -0.2) is 27.5 Å². The highest BCUT2D eigenvalue weighted by molar-refractivity contribution is 9.10. The van der Waals surface area contributed by atoms with Crippen LogP contribution in [0.25, 0.3) is 11.4 Å². The van der Waals surface area contributed by atoms with E-state index in [9.17, 15) is 9.18 Å². The Hall–Kier alpha value is -2.54. The molecule has 0 spiro atoms. The number of aromatic nitrogens is 2. The number of likely N-dealkylation sites (tertiary alicyclic amines) is 1. The number of piperidine rings is 1. The van der Waals surface area contributed by atoms with Crippen LogP contribution in [0.1, 0.15) is 41.6 Å². The van der Waals surface area contributed by atoms with Gasteiger partial charge in [-0.25, -0.2) is 4.39 Å². The van der Waals surface area contributed by atoms with E-state index in [0.717, 1.165) is 29.3 Å². The Kier molecular flexibility index (Phi) is 5.03. The fourth-order valence-electron chi connectivity index (χ4n) is 3.31. The second kappa shape index (κ2) is 7.60. The first kappa shape index (κ1) is 17.9. The Morgan fingerprint density at radius 3 is 2.78 bits per heavy atom. The van der Waals surface area contributed by atoms with Gasteiger partial charge in [-0.2, -0.15) is 4.98 Å². The highest BCUT2D eigenvalue weighted by Crippen LogP contribution is 2.32. The van der Waals surface area contributed by atoms with E-state index < -0.39 is 5.82 Å². The Morgan fingerprint density at radius 2 is 2.00 bits per heavy atom. The molecular formula is C20H17BrFN3O2. The highest BCUT2D eigenvalue weighted by atomic mass is 79.9. The van der Waals surface area contributed by atoms with Crippen molar-refractivity contribution < 1.29 is 13.7 Å². The van der Waals surface area contributed by atoms with Crippen molar-refractivity contribution >= 4 is 21.8 Å². The van der Waals surface area contributed by atoms with Crippen LogP contribution in [0.4, 0.5) is 4.39 Å². The summed E-state index contributed by atoms with van der Waals surface area (Å²) < 4.78 is 20.0. The molecule has 2 heterocycles. The average Bonchev–Trinajstić information content (AvgIpc) is 3.18. The van der Waals surface area contributed by atoms with Crippen molar-refractivity contribution in [2.45, 2.75) is 25.3 Å². The predicted molar refractivity (Wildman–Crippen MR) is 101 cm³/mol. The van der Waals surface area contributed by atoms with Gasteiger partial charge in [-0.15, -0.1) is 0 Å². The summed E-state index contributed by atoms with van der Waals surface area (Å²) in [5.41, 5.74) is 1.17. The fraction of sp³-hybridized carbons (Fsp3) is 0.250. The van der Waals surface area contributed by atoms with E-state index in [2.05, 4.69) is 26.1 Å². The largest absolute Gasteiger partial charge is 0.337 e. The zero-order valence-electron chi connectivity index (χ0n) is 14.4. The van der Waals surface area contributed by atoms with E-state index in [-0.39, 0.29) is 11.9 Å². The molecule has 1 aliphatic rings. The second-order valence-corrected chi connectivity index (χ2v) is 7.40. The van der Waals surface area contributed by atoms with Gasteiger partial charge in [0, 0.05) is 22.1 Å². The molecule has 1 aliphatic heterocycles. The number of carbonyl (C=O) groups excluding carboxylic acids is 1. The van der Waals surface area contributed by atoms with E-state index in [1.165, 1.54) is 12.1 Å². The van der Waals surface area contributed by atoms with E-state index in [4.69, 9.17) is 4.52 Å². The van der Waals surface area contributed by atoms with E-state index in [1.54, 1.807) is 17.0 Å². The molecule has 1 unspecified atom stereocenters. The Bertz CT molecular complexity index is 958. The summed E-state index contributed by atoms with van der Waals surface area (Å²) in [5, 5.41) is 4.07. The molecule has 0 aliphatic carbocycles. The smallest absolute Gasteiger partial charge is 0.254 e. The summed E-state index contributed by atoms with van der Waals surface area (Å²) in [6.45, 7) is 0.579. The van der Waals surface area contributed by atoms with Gasteiger partial charge in [-0.05, 0) is 61.7 Å². The molecular weight excluding hydrogens is 413 g/mol. The summed E-state index contributed by atoms with van der Waals surface area (Å²) in [4.78, 5) is 19.1. The van der Waals surface area contributed by atoms with E-state index in [1.807, 2.05) is 24.3 Å². The molecule has 4 rings (SSSR count). The van der Waals surface area contributed by atoms with Crippen LogP contribution in [0, 0.1) is 5.82 Å². The number of benzene rings is 2. The summed E-state index contributed by atoms with van der Waals surface area (Å²) in [7, 11) is 0. The van der Waals surface area contributed by atoms with E-state index in [0.29, 0.717) is 23.8 Å². The van der Waals surface area contributed by atoms with E-state index >= 15 is 0 Å². The molecule has 5 nitrogen and oxygen atoms in total. The molecule has 0 bridgehead atoms. The molecule has 27 heavy (non-hydrogen) atoms. The number of rotatable bonds is 3. The van der Waals surface area contributed by atoms with Gasteiger partial charge in [0.15, 0.2) is 0 Å². The molecule has 1 fully saturated rings. The molecule has 0 saturated carbocycles. The van der Waals surface area contributed by atoms with Crippen molar-refractivity contribution in [2.24, 2.45) is 0 Å². The lowest BCUT2D eigenvalue weighted by atomic mass is 10.0. The quantitative estimate of drug-likeness (QED) is 0.587. The molecule has 0 N–H and O–H groups in total. The first-order chi connectivity index (χ1) is 13.1. The summed E-state index contributed by atoms with van der Waals surface area (Å²) in [5.74, 6) is 0.255. The Morgan fingerprint density at radius 1 is 1.19 bits per heavy atom. The molecule has 2 aromatic carbocycles. The molecule has 1 amide bonds. The first-order valence-corrected chi connectivity index (χ1v) is 9.57. The van der Waals surface area contributed by atoms with Gasteiger partial charge in [0.2, 0.25) is 11.7 Å². The molecule has 0 radical (unpaired) electrons. The second-order valence-electron chi connectivity index (χ2n) is 6.48. The van der Waals surface area contributed by atoms with Crippen LogP contribution in [0.15, 0.2) is 57.5 Å². The van der Waals surface area contributed by atoms with Gasteiger partial charge in [0.05, 0.1) is 0 Å². The predicted octanol–water partition coefficient (Wildman–Crippen LogP) is 5.01. The first-order valence-electron chi connectivity index (χ1n) is 8.78. The number of hydrogen-bond acceptors (Lipinski definition) is 4. The minimum absolute atomic E-state index is 0.220. The fourth-order valence-corrected chi connectivity index (χ4v) is 3.57. The third-order valence-corrected chi connectivity index (χ3v) is 5.19. The van der Waals surface area contributed by atoms with Crippen molar-refractivity contribution in [3.8, 4) is 11.4 Å². The minimum Gasteiger partial charge on any atom is -0.337 e. The maximum atomic E-state index is 13.5. The van der Waals surface area contributed by atoms with Gasteiger partial charge < -0.3 is 9.42 Å². The Balaban J connectivity index is 1.61. The summed E-state index contributed by atoms with van der Waals surface area (Å²) in [6.07, 6.45) is 2.60. The molecule has 138 valence electrons. The van der Waals surface area contributed by atoms with Gasteiger partial charge in [-0.3, -0.25) is 4.79 Å². The summed E-state index contributed by atoms with van der Waals surface area (Å²) >= 11 is 3.40. The minimum atomic E-state index is -0.426. The third-order valence-electron chi connectivity index (χ3n) is 4.66. The topological polar surface area (TPSA) is 59.2 Å². The number of amides is 1. The molecule has 3 aromatic rings. The molecule has 1 saturated heterocycles. The standard InChI is InChI=1S/C20H17BrFN3O2/c21-15-9-7-13(8-10-15)18-23-19(27-24-18)17-6-1-2-11-25(17)20(26)14-4-3-5-16(22)12-14/h3-5,7-10,12,17H,1-2,6,11H2. The van der Waals surface area contributed by atoms with Gasteiger partial charge in [0.1, 0.15) is 11.9 Å². The molecule has 1 atom stereocenters. The third kappa shape index (κ3) is 3.78. The number of halogens is 2. The van der Waals surface area contributed by atoms with Crippen molar-refractivity contribution in [3.05, 3.63) is 70.3 Å².